The minimum Gasteiger partial charge on any atom is -0.468 e. The molecule has 1 rings (SSSR count). The Morgan fingerprint density at radius 1 is 1.58 bits per heavy atom. The first kappa shape index (κ1) is 8.55. The molecule has 1 amide bonds. The van der Waals surface area contributed by atoms with Crippen molar-refractivity contribution in [3.05, 3.63) is 10.4 Å². The average molecular weight is 169 g/mol. The summed E-state index contributed by atoms with van der Waals surface area (Å²) in [6, 6.07) is 0. The van der Waals surface area contributed by atoms with Crippen LogP contribution in [0.1, 0.15) is 12.8 Å². The lowest BCUT2D eigenvalue weighted by molar-refractivity contribution is -0.151. The van der Waals surface area contributed by atoms with Crippen molar-refractivity contribution in [3.63, 3.8) is 0 Å². The zero-order valence-corrected chi connectivity index (χ0v) is 6.48. The first-order chi connectivity index (χ1) is 5.67. The second-order valence-electron chi connectivity index (χ2n) is 2.57. The Bertz CT molecular complexity index is 276. The van der Waals surface area contributed by atoms with E-state index in [-0.39, 0.29) is 0 Å². The lowest BCUT2D eigenvalue weighted by atomic mass is 10.1. The summed E-state index contributed by atoms with van der Waals surface area (Å²) in [5.74, 6) is -1.35. The van der Waals surface area contributed by atoms with E-state index in [9.17, 15) is 9.59 Å². The number of carbonyl (C=O) groups excluding carboxylic acids is 2. The molecular formula is C6H7N3O3. The van der Waals surface area contributed by atoms with E-state index in [2.05, 4.69) is 14.8 Å². The summed E-state index contributed by atoms with van der Waals surface area (Å²) >= 11 is 0. The summed E-state index contributed by atoms with van der Waals surface area (Å²) in [5.41, 5.74) is 6.82. The highest BCUT2D eigenvalue weighted by molar-refractivity contribution is 6.05. The second kappa shape index (κ2) is 2.83. The minimum absolute atomic E-state index is 0.414. The highest BCUT2D eigenvalue weighted by atomic mass is 16.5. The van der Waals surface area contributed by atoms with Crippen LogP contribution in [-0.2, 0) is 14.3 Å². The van der Waals surface area contributed by atoms with E-state index in [1.54, 1.807) is 0 Å². The number of amides is 1. The van der Waals surface area contributed by atoms with Crippen LogP contribution in [0.2, 0.25) is 0 Å². The number of hydrogen-bond acceptors (Lipinski definition) is 3. The molecule has 0 bridgehead atoms. The topological polar surface area (TPSA) is 92.1 Å². The SMILES string of the molecule is COC(=O)C1(C(=O)N=[N+]=[N-])CC1. The molecule has 6 nitrogen and oxygen atoms in total. The molecule has 1 saturated carbocycles. The summed E-state index contributed by atoms with van der Waals surface area (Å²) in [6.45, 7) is 0. The molecule has 64 valence electrons. The number of rotatable bonds is 2. The molecule has 0 spiro atoms. The number of carbonyl (C=O) groups is 2. The van der Waals surface area contributed by atoms with E-state index in [1.165, 1.54) is 7.11 Å². The van der Waals surface area contributed by atoms with Gasteiger partial charge in [0, 0.05) is 4.91 Å². The van der Waals surface area contributed by atoms with Crippen molar-refractivity contribution in [2.24, 2.45) is 10.5 Å². The van der Waals surface area contributed by atoms with Crippen molar-refractivity contribution in [3.8, 4) is 0 Å². The van der Waals surface area contributed by atoms with Gasteiger partial charge in [-0.15, -0.1) is 0 Å². The molecule has 0 atom stereocenters. The maximum absolute atomic E-state index is 11.0. The Hall–Kier alpha value is -1.55. The lowest BCUT2D eigenvalue weighted by Crippen LogP contribution is -2.25. The van der Waals surface area contributed by atoms with Crippen LogP contribution in [0.15, 0.2) is 5.11 Å². The molecule has 1 aliphatic rings. The van der Waals surface area contributed by atoms with Gasteiger partial charge in [0.05, 0.1) is 7.11 Å². The Balaban J connectivity index is 2.79. The smallest absolute Gasteiger partial charge is 0.319 e. The Morgan fingerprint density at radius 3 is 2.50 bits per heavy atom. The van der Waals surface area contributed by atoms with Gasteiger partial charge < -0.3 is 4.74 Å². The van der Waals surface area contributed by atoms with Gasteiger partial charge in [-0.2, -0.15) is 0 Å². The van der Waals surface area contributed by atoms with E-state index < -0.39 is 17.3 Å². The van der Waals surface area contributed by atoms with Gasteiger partial charge >= 0.3 is 5.97 Å². The maximum Gasteiger partial charge on any atom is 0.319 e. The molecule has 12 heavy (non-hydrogen) atoms. The van der Waals surface area contributed by atoms with Gasteiger partial charge in [-0.3, -0.25) is 9.59 Å². The fourth-order valence-electron chi connectivity index (χ4n) is 0.962. The van der Waals surface area contributed by atoms with E-state index in [0.29, 0.717) is 12.8 Å². The number of azide groups is 1. The van der Waals surface area contributed by atoms with Gasteiger partial charge in [0.25, 0.3) is 0 Å². The fourth-order valence-corrected chi connectivity index (χ4v) is 0.962. The monoisotopic (exact) mass is 169 g/mol. The highest BCUT2D eigenvalue weighted by Crippen LogP contribution is 2.47. The van der Waals surface area contributed by atoms with Crippen LogP contribution in [0.4, 0.5) is 0 Å². The Labute approximate surface area is 68.1 Å². The quantitative estimate of drug-likeness (QED) is 0.201. The molecule has 0 saturated heterocycles. The van der Waals surface area contributed by atoms with Crippen molar-refractivity contribution in [2.45, 2.75) is 12.8 Å². The number of esters is 1. The largest absolute Gasteiger partial charge is 0.468 e. The van der Waals surface area contributed by atoms with Gasteiger partial charge in [-0.1, -0.05) is 0 Å². The van der Waals surface area contributed by atoms with Crippen LogP contribution in [0.25, 0.3) is 10.4 Å². The third kappa shape index (κ3) is 1.12. The Kier molecular flexibility index (Phi) is 2.01. The van der Waals surface area contributed by atoms with Crippen molar-refractivity contribution < 1.29 is 14.3 Å². The predicted octanol–water partition coefficient (Wildman–Crippen LogP) is 0.776. The number of nitrogens with zero attached hydrogens (tertiary/aromatic N) is 3. The second-order valence-corrected chi connectivity index (χ2v) is 2.57. The molecule has 0 aliphatic heterocycles. The van der Waals surface area contributed by atoms with Gasteiger partial charge in [-0.05, 0) is 23.5 Å². The third-order valence-corrected chi connectivity index (χ3v) is 1.87. The van der Waals surface area contributed by atoms with Crippen LogP contribution in [0, 0.1) is 5.41 Å². The molecule has 0 unspecified atom stereocenters. The molecular weight excluding hydrogens is 162 g/mol. The molecule has 0 aromatic carbocycles. The lowest BCUT2D eigenvalue weighted by Gasteiger charge is -2.05. The summed E-state index contributed by atoms with van der Waals surface area (Å²) in [6.07, 6.45) is 0.828. The van der Waals surface area contributed by atoms with E-state index in [0.717, 1.165) is 0 Å². The van der Waals surface area contributed by atoms with Crippen molar-refractivity contribution >= 4 is 11.9 Å². The van der Waals surface area contributed by atoms with Crippen molar-refractivity contribution in [1.82, 2.24) is 0 Å². The Morgan fingerprint density at radius 2 is 2.17 bits per heavy atom. The van der Waals surface area contributed by atoms with E-state index in [4.69, 9.17) is 5.53 Å². The van der Waals surface area contributed by atoms with Gasteiger partial charge in [0.2, 0.25) is 5.91 Å². The molecule has 1 fully saturated rings. The normalized spacial score (nSPS) is 17.4. The average Bonchev–Trinajstić information content (AvgIpc) is 2.84. The van der Waals surface area contributed by atoms with E-state index >= 15 is 0 Å². The zero-order valence-electron chi connectivity index (χ0n) is 6.48. The van der Waals surface area contributed by atoms with Gasteiger partial charge in [0.15, 0.2) is 0 Å². The summed E-state index contributed by atoms with van der Waals surface area (Å²) < 4.78 is 4.40. The molecule has 0 radical (unpaired) electrons. The standard InChI is InChI=1S/C6H7N3O3/c1-12-5(11)6(2-3-6)4(10)8-9-7/h2-3H2,1H3. The van der Waals surface area contributed by atoms with Gasteiger partial charge in [0.1, 0.15) is 5.41 Å². The number of methoxy groups -OCH3 is 1. The molecule has 0 aromatic heterocycles. The number of ether oxygens (including phenoxy) is 1. The number of hydrogen-bond donors (Lipinski definition) is 0. The summed E-state index contributed by atoms with van der Waals surface area (Å²) in [4.78, 5) is 24.3. The molecule has 0 heterocycles. The molecule has 1 aliphatic carbocycles. The molecule has 6 heteroatoms. The molecule has 0 aromatic rings. The minimum atomic E-state index is -1.15. The highest BCUT2D eigenvalue weighted by Gasteiger charge is 2.57. The van der Waals surface area contributed by atoms with Crippen LogP contribution in [0.5, 0.6) is 0 Å². The molecule has 0 N–H and O–H groups in total. The van der Waals surface area contributed by atoms with Crippen LogP contribution >= 0.6 is 0 Å². The third-order valence-electron chi connectivity index (χ3n) is 1.87. The predicted molar refractivity (Wildman–Crippen MR) is 37.8 cm³/mol. The van der Waals surface area contributed by atoms with E-state index in [1.807, 2.05) is 0 Å². The van der Waals surface area contributed by atoms with Crippen molar-refractivity contribution in [2.75, 3.05) is 7.11 Å². The van der Waals surface area contributed by atoms with Crippen LogP contribution in [-0.4, -0.2) is 19.0 Å². The van der Waals surface area contributed by atoms with Crippen molar-refractivity contribution in [1.29, 1.82) is 0 Å². The summed E-state index contributed by atoms with van der Waals surface area (Å²) in [5, 5.41) is 2.87. The first-order valence-electron chi connectivity index (χ1n) is 3.35. The van der Waals surface area contributed by atoms with Gasteiger partial charge in [-0.25, -0.2) is 0 Å². The first-order valence-corrected chi connectivity index (χ1v) is 3.35. The van der Waals surface area contributed by atoms with Crippen LogP contribution < -0.4 is 0 Å². The maximum atomic E-state index is 11.0. The summed E-state index contributed by atoms with van der Waals surface area (Å²) in [7, 11) is 1.20. The van der Waals surface area contributed by atoms with Crippen LogP contribution in [0.3, 0.4) is 0 Å². The fraction of sp³-hybridized carbons (Fsp3) is 0.667. The zero-order chi connectivity index (χ0) is 9.19.